The second-order valence-corrected chi connectivity index (χ2v) is 5.15. The second kappa shape index (κ2) is 5.56. The van der Waals surface area contributed by atoms with Crippen molar-refractivity contribution in [2.24, 2.45) is 0 Å². The predicted molar refractivity (Wildman–Crippen MR) is 70.8 cm³/mol. The van der Waals surface area contributed by atoms with Crippen molar-refractivity contribution < 1.29 is 27.2 Å². The van der Waals surface area contributed by atoms with Crippen LogP contribution in [0.15, 0.2) is 28.9 Å². The number of aryl methyl sites for hydroxylation is 1. The molecule has 1 amide bonds. The Morgan fingerprint density at radius 1 is 1.39 bits per heavy atom. The summed E-state index contributed by atoms with van der Waals surface area (Å²) in [5, 5.41) is 3.62. The molecule has 0 aliphatic carbocycles. The number of aromatic nitrogens is 2. The van der Waals surface area contributed by atoms with E-state index in [9.17, 15) is 18.0 Å². The van der Waals surface area contributed by atoms with E-state index in [-0.39, 0.29) is 30.6 Å². The summed E-state index contributed by atoms with van der Waals surface area (Å²) in [7, 11) is 0. The molecule has 2 aromatic rings. The Labute approximate surface area is 128 Å². The van der Waals surface area contributed by atoms with Crippen molar-refractivity contribution in [1.29, 1.82) is 0 Å². The van der Waals surface area contributed by atoms with E-state index >= 15 is 0 Å². The minimum atomic E-state index is -4.45. The number of carbonyl (C=O) groups excluding carboxylic acids is 1. The molecule has 1 saturated heterocycles. The lowest BCUT2D eigenvalue weighted by Gasteiger charge is -2.38. The smallest absolute Gasteiger partial charge is 0.416 e. The SMILES string of the molecule is Cc1cc(C(=O)N2CC(Oc3cc(C(F)(F)F)ccn3)C2)no1. The number of pyridine rings is 1. The molecule has 0 unspecified atom stereocenters. The fourth-order valence-corrected chi connectivity index (χ4v) is 2.13. The molecule has 1 fully saturated rings. The molecule has 1 aliphatic heterocycles. The number of amides is 1. The van der Waals surface area contributed by atoms with Crippen LogP contribution >= 0.6 is 0 Å². The molecule has 3 rings (SSSR count). The largest absolute Gasteiger partial charge is 0.471 e. The summed E-state index contributed by atoms with van der Waals surface area (Å²) < 4.78 is 48.0. The van der Waals surface area contributed by atoms with Crippen LogP contribution in [0.1, 0.15) is 21.8 Å². The van der Waals surface area contributed by atoms with Crippen LogP contribution < -0.4 is 4.74 Å². The minimum Gasteiger partial charge on any atom is -0.471 e. The first-order valence-corrected chi connectivity index (χ1v) is 6.75. The van der Waals surface area contributed by atoms with Crippen molar-refractivity contribution in [3.8, 4) is 5.88 Å². The first kappa shape index (κ1) is 15.3. The van der Waals surface area contributed by atoms with E-state index in [1.54, 1.807) is 6.92 Å². The zero-order valence-corrected chi connectivity index (χ0v) is 12.0. The molecule has 6 nitrogen and oxygen atoms in total. The van der Waals surface area contributed by atoms with E-state index in [4.69, 9.17) is 9.26 Å². The Balaban J connectivity index is 1.57. The second-order valence-electron chi connectivity index (χ2n) is 5.15. The molecule has 0 N–H and O–H groups in total. The normalized spacial score (nSPS) is 15.4. The quantitative estimate of drug-likeness (QED) is 0.865. The Hall–Kier alpha value is -2.58. The zero-order chi connectivity index (χ0) is 16.6. The van der Waals surface area contributed by atoms with E-state index < -0.39 is 17.8 Å². The van der Waals surface area contributed by atoms with Crippen molar-refractivity contribution in [2.75, 3.05) is 13.1 Å². The number of halogens is 3. The first-order chi connectivity index (χ1) is 10.8. The number of ether oxygens (including phenoxy) is 1. The third kappa shape index (κ3) is 3.27. The highest BCUT2D eigenvalue weighted by Gasteiger charge is 2.35. The van der Waals surface area contributed by atoms with Crippen LogP contribution in [-0.2, 0) is 6.18 Å². The molecule has 9 heteroatoms. The van der Waals surface area contributed by atoms with Gasteiger partial charge in [-0.3, -0.25) is 4.79 Å². The summed E-state index contributed by atoms with van der Waals surface area (Å²) in [4.78, 5) is 17.2. The van der Waals surface area contributed by atoms with Gasteiger partial charge in [-0.15, -0.1) is 0 Å². The van der Waals surface area contributed by atoms with Gasteiger partial charge in [0.2, 0.25) is 5.88 Å². The number of carbonyl (C=O) groups is 1. The summed E-state index contributed by atoms with van der Waals surface area (Å²) >= 11 is 0. The number of rotatable bonds is 3. The third-order valence-electron chi connectivity index (χ3n) is 3.33. The van der Waals surface area contributed by atoms with Crippen LogP contribution in [0.25, 0.3) is 0 Å². The van der Waals surface area contributed by atoms with Crippen molar-refractivity contribution in [1.82, 2.24) is 15.0 Å². The maximum atomic E-state index is 12.6. The van der Waals surface area contributed by atoms with Crippen molar-refractivity contribution >= 4 is 5.91 Å². The zero-order valence-electron chi connectivity index (χ0n) is 12.0. The summed E-state index contributed by atoms with van der Waals surface area (Å²) in [6.07, 6.45) is -3.81. The lowest BCUT2D eigenvalue weighted by molar-refractivity contribution is -0.137. The molecule has 23 heavy (non-hydrogen) atoms. The fraction of sp³-hybridized carbons (Fsp3) is 0.357. The molecular weight excluding hydrogens is 315 g/mol. The summed E-state index contributed by atoms with van der Waals surface area (Å²) in [6, 6.07) is 3.23. The molecule has 0 radical (unpaired) electrons. The number of nitrogens with zero attached hydrogens (tertiary/aromatic N) is 3. The minimum absolute atomic E-state index is 0.116. The number of hydrogen-bond acceptors (Lipinski definition) is 5. The van der Waals surface area contributed by atoms with Crippen molar-refractivity contribution in [2.45, 2.75) is 19.2 Å². The summed E-state index contributed by atoms with van der Waals surface area (Å²) in [6.45, 7) is 2.18. The Kier molecular flexibility index (Phi) is 3.70. The molecule has 0 saturated carbocycles. The lowest BCUT2D eigenvalue weighted by Crippen LogP contribution is -2.56. The third-order valence-corrected chi connectivity index (χ3v) is 3.33. The van der Waals surface area contributed by atoms with Crippen LogP contribution in [0.2, 0.25) is 0 Å². The van der Waals surface area contributed by atoms with Gasteiger partial charge >= 0.3 is 6.18 Å². The van der Waals surface area contributed by atoms with Gasteiger partial charge in [0, 0.05) is 18.3 Å². The monoisotopic (exact) mass is 327 g/mol. The van der Waals surface area contributed by atoms with E-state index in [2.05, 4.69) is 10.1 Å². The lowest BCUT2D eigenvalue weighted by atomic mass is 10.1. The van der Waals surface area contributed by atoms with Gasteiger partial charge in [-0.2, -0.15) is 13.2 Å². The van der Waals surface area contributed by atoms with Crippen LogP contribution in [0.3, 0.4) is 0 Å². The van der Waals surface area contributed by atoms with Crippen LogP contribution in [0.5, 0.6) is 5.88 Å². The Morgan fingerprint density at radius 2 is 2.13 bits per heavy atom. The average Bonchev–Trinajstić information content (AvgIpc) is 2.88. The highest BCUT2D eigenvalue weighted by Crippen LogP contribution is 2.31. The van der Waals surface area contributed by atoms with Crippen LogP contribution in [0, 0.1) is 6.92 Å². The van der Waals surface area contributed by atoms with E-state index in [0.717, 1.165) is 18.3 Å². The summed E-state index contributed by atoms with van der Waals surface area (Å²) in [5.41, 5.74) is -0.633. The Bertz CT molecular complexity index is 723. The van der Waals surface area contributed by atoms with E-state index in [1.807, 2.05) is 0 Å². The van der Waals surface area contributed by atoms with Gasteiger partial charge in [0.1, 0.15) is 11.9 Å². The molecular formula is C14H12F3N3O3. The van der Waals surface area contributed by atoms with Gasteiger partial charge in [0.05, 0.1) is 18.7 Å². The van der Waals surface area contributed by atoms with Crippen LogP contribution in [0.4, 0.5) is 13.2 Å². The maximum Gasteiger partial charge on any atom is 0.416 e. The summed E-state index contributed by atoms with van der Waals surface area (Å²) in [5.74, 6) is 0.0998. The van der Waals surface area contributed by atoms with Crippen molar-refractivity contribution in [3.05, 3.63) is 41.4 Å². The van der Waals surface area contributed by atoms with Gasteiger partial charge < -0.3 is 14.2 Å². The molecule has 1 aliphatic rings. The van der Waals surface area contributed by atoms with Gasteiger partial charge in [-0.05, 0) is 13.0 Å². The average molecular weight is 327 g/mol. The molecule has 0 bridgehead atoms. The number of alkyl halides is 3. The molecule has 3 heterocycles. The predicted octanol–water partition coefficient (Wildman–Crippen LogP) is 2.30. The molecule has 0 spiro atoms. The van der Waals surface area contributed by atoms with Gasteiger partial charge in [0.25, 0.3) is 5.91 Å². The highest BCUT2D eigenvalue weighted by molar-refractivity contribution is 5.92. The van der Waals surface area contributed by atoms with E-state index in [0.29, 0.717) is 5.76 Å². The number of likely N-dealkylation sites (tertiary alicyclic amines) is 1. The fourth-order valence-electron chi connectivity index (χ4n) is 2.13. The van der Waals surface area contributed by atoms with E-state index in [1.165, 1.54) is 11.0 Å². The maximum absolute atomic E-state index is 12.6. The molecule has 0 aromatic carbocycles. The first-order valence-electron chi connectivity index (χ1n) is 6.75. The standard InChI is InChI=1S/C14H12F3N3O3/c1-8-4-11(19-23-8)13(21)20-6-10(7-20)22-12-5-9(2-3-18-12)14(15,16)17/h2-5,10H,6-7H2,1H3. The number of hydrogen-bond donors (Lipinski definition) is 0. The van der Waals surface area contributed by atoms with Gasteiger partial charge in [-0.25, -0.2) is 4.98 Å². The molecule has 0 atom stereocenters. The van der Waals surface area contributed by atoms with Crippen LogP contribution in [-0.4, -0.2) is 40.1 Å². The topological polar surface area (TPSA) is 68.5 Å². The molecule has 122 valence electrons. The highest BCUT2D eigenvalue weighted by atomic mass is 19.4. The molecule has 2 aromatic heterocycles. The van der Waals surface area contributed by atoms with Crippen molar-refractivity contribution in [3.63, 3.8) is 0 Å². The van der Waals surface area contributed by atoms with Gasteiger partial charge in [0.15, 0.2) is 5.69 Å². The van der Waals surface area contributed by atoms with Gasteiger partial charge in [-0.1, -0.05) is 5.16 Å². The Morgan fingerprint density at radius 3 is 2.74 bits per heavy atom.